The van der Waals surface area contributed by atoms with E-state index >= 15 is 0 Å². The molecule has 0 amide bonds. The summed E-state index contributed by atoms with van der Waals surface area (Å²) in [6, 6.07) is 0.451. The van der Waals surface area contributed by atoms with Crippen LogP contribution in [0, 0.1) is 5.92 Å². The number of nitrogen functional groups attached to an aromatic ring is 1. The molecule has 2 rings (SSSR count). The Hall–Kier alpha value is -1.23. The third kappa shape index (κ3) is 3.26. The van der Waals surface area contributed by atoms with Crippen LogP contribution in [0.5, 0.6) is 5.75 Å². The van der Waals surface area contributed by atoms with Crippen LogP contribution in [0.15, 0.2) is 0 Å². The molecule has 0 bridgehead atoms. The smallest absolute Gasteiger partial charge is 0.176 e. The third-order valence-corrected chi connectivity index (χ3v) is 5.24. The molecule has 0 aliphatic heterocycles. The molecule has 1 aromatic rings. The zero-order valence-corrected chi connectivity index (χ0v) is 13.3. The van der Waals surface area contributed by atoms with Gasteiger partial charge in [-0.25, -0.2) is 0 Å². The second-order valence-electron chi connectivity index (χ2n) is 5.72. The molecule has 3 N–H and O–H groups in total. The van der Waals surface area contributed by atoms with E-state index in [-0.39, 0.29) is 5.78 Å². The monoisotopic (exact) mass is 296 g/mol. The summed E-state index contributed by atoms with van der Waals surface area (Å²) in [5.74, 6) is 1.43. The first-order valence-electron chi connectivity index (χ1n) is 7.26. The summed E-state index contributed by atoms with van der Waals surface area (Å²) < 4.78 is 5.37. The largest absolute Gasteiger partial charge is 0.492 e. The van der Waals surface area contributed by atoms with Crippen molar-refractivity contribution in [1.29, 1.82) is 0 Å². The molecular weight excluding hydrogens is 272 g/mol. The van der Waals surface area contributed by atoms with E-state index in [1.165, 1.54) is 37.0 Å². The van der Waals surface area contributed by atoms with Crippen molar-refractivity contribution in [2.75, 3.05) is 18.2 Å². The minimum Gasteiger partial charge on any atom is -0.492 e. The van der Waals surface area contributed by atoms with Crippen molar-refractivity contribution >= 4 is 27.8 Å². The molecule has 4 nitrogen and oxygen atoms in total. The maximum atomic E-state index is 11.6. The van der Waals surface area contributed by atoms with Gasteiger partial charge in [-0.3, -0.25) is 4.79 Å². The Bertz CT molecular complexity index is 484. The zero-order valence-electron chi connectivity index (χ0n) is 12.5. The Morgan fingerprint density at radius 3 is 2.75 bits per heavy atom. The summed E-state index contributed by atoms with van der Waals surface area (Å²) in [6.07, 6.45) is 6.14. The van der Waals surface area contributed by atoms with Crippen LogP contribution < -0.4 is 15.8 Å². The maximum Gasteiger partial charge on any atom is 0.176 e. The molecule has 0 aromatic carbocycles. The molecule has 112 valence electrons. The molecular formula is C15H24N2O2S. The van der Waals surface area contributed by atoms with Crippen molar-refractivity contribution in [3.63, 3.8) is 0 Å². The van der Waals surface area contributed by atoms with Gasteiger partial charge in [-0.05, 0) is 25.2 Å². The topological polar surface area (TPSA) is 64.3 Å². The summed E-state index contributed by atoms with van der Waals surface area (Å²) in [4.78, 5) is 12.2. The van der Waals surface area contributed by atoms with Crippen molar-refractivity contribution in [2.24, 2.45) is 5.92 Å². The maximum absolute atomic E-state index is 11.6. The minimum atomic E-state index is -0.00617. The Balaban J connectivity index is 2.16. The van der Waals surface area contributed by atoms with Crippen molar-refractivity contribution in [3.05, 3.63) is 4.88 Å². The van der Waals surface area contributed by atoms with Crippen LogP contribution in [0.3, 0.4) is 0 Å². The highest BCUT2D eigenvalue weighted by Crippen LogP contribution is 2.43. The molecule has 1 saturated carbocycles. The second-order valence-corrected chi connectivity index (χ2v) is 6.74. The van der Waals surface area contributed by atoms with Gasteiger partial charge in [0.1, 0.15) is 5.00 Å². The number of rotatable bonds is 4. The number of hydrogen-bond acceptors (Lipinski definition) is 5. The van der Waals surface area contributed by atoms with E-state index in [0.717, 1.165) is 17.3 Å². The SMILES string of the molecule is COc1c(NC2CCCC(C)CC2)sc(C(C)=O)c1N. The van der Waals surface area contributed by atoms with E-state index in [1.54, 1.807) is 14.0 Å². The van der Waals surface area contributed by atoms with Crippen LogP contribution in [0.4, 0.5) is 10.7 Å². The van der Waals surface area contributed by atoms with Gasteiger partial charge in [0.25, 0.3) is 0 Å². The Kier molecular flexibility index (Phi) is 4.91. The first kappa shape index (κ1) is 15.2. The number of nitrogens with one attached hydrogen (secondary N) is 1. The number of ketones is 1. The molecule has 1 aromatic heterocycles. The molecule has 2 atom stereocenters. The van der Waals surface area contributed by atoms with Gasteiger partial charge in [-0.1, -0.05) is 19.8 Å². The van der Waals surface area contributed by atoms with Crippen LogP contribution >= 0.6 is 11.3 Å². The molecule has 0 radical (unpaired) electrons. The highest BCUT2D eigenvalue weighted by atomic mass is 32.1. The fourth-order valence-corrected chi connectivity index (χ4v) is 3.87. The van der Waals surface area contributed by atoms with Crippen molar-refractivity contribution in [2.45, 2.75) is 52.0 Å². The van der Waals surface area contributed by atoms with E-state index in [9.17, 15) is 4.79 Å². The Morgan fingerprint density at radius 2 is 2.10 bits per heavy atom. The average Bonchev–Trinajstić information content (AvgIpc) is 2.56. The summed E-state index contributed by atoms with van der Waals surface area (Å²) in [6.45, 7) is 3.86. The van der Waals surface area contributed by atoms with E-state index in [2.05, 4.69) is 12.2 Å². The molecule has 1 heterocycles. The number of thiophene rings is 1. The lowest BCUT2D eigenvalue weighted by Gasteiger charge is -2.17. The second kappa shape index (κ2) is 6.48. The molecule has 0 spiro atoms. The lowest BCUT2D eigenvalue weighted by Crippen LogP contribution is -2.18. The van der Waals surface area contributed by atoms with Gasteiger partial charge in [0, 0.05) is 13.0 Å². The van der Waals surface area contributed by atoms with Gasteiger partial charge >= 0.3 is 0 Å². The molecule has 1 fully saturated rings. The van der Waals surface area contributed by atoms with Gasteiger partial charge in [0.15, 0.2) is 11.5 Å². The number of Topliss-reactive ketones (excluding diaryl/α,β-unsaturated/α-hetero) is 1. The molecule has 1 aliphatic carbocycles. The minimum absolute atomic E-state index is 0.00617. The van der Waals surface area contributed by atoms with E-state index in [0.29, 0.717) is 22.4 Å². The Morgan fingerprint density at radius 1 is 1.35 bits per heavy atom. The summed E-state index contributed by atoms with van der Waals surface area (Å²) in [5, 5.41) is 4.44. The van der Waals surface area contributed by atoms with E-state index < -0.39 is 0 Å². The predicted molar refractivity (Wildman–Crippen MR) is 84.9 cm³/mol. The van der Waals surface area contributed by atoms with E-state index in [4.69, 9.17) is 10.5 Å². The van der Waals surface area contributed by atoms with Gasteiger partial charge in [-0.15, -0.1) is 11.3 Å². The van der Waals surface area contributed by atoms with Gasteiger partial charge < -0.3 is 15.8 Å². The summed E-state index contributed by atoms with van der Waals surface area (Å²) >= 11 is 1.41. The van der Waals surface area contributed by atoms with Crippen molar-refractivity contribution in [3.8, 4) is 5.75 Å². The molecule has 2 unspecified atom stereocenters. The van der Waals surface area contributed by atoms with Crippen LogP contribution in [-0.2, 0) is 0 Å². The first-order valence-corrected chi connectivity index (χ1v) is 8.08. The van der Waals surface area contributed by atoms with Crippen LogP contribution in [0.2, 0.25) is 0 Å². The summed E-state index contributed by atoms with van der Waals surface area (Å²) in [7, 11) is 1.60. The fourth-order valence-electron chi connectivity index (χ4n) is 2.80. The number of methoxy groups -OCH3 is 1. The fraction of sp³-hybridized carbons (Fsp3) is 0.667. The normalized spacial score (nSPS) is 23.1. The quantitative estimate of drug-likeness (QED) is 0.653. The number of carbonyl (C=O) groups excluding carboxylic acids is 1. The number of hydrogen-bond donors (Lipinski definition) is 2. The first-order chi connectivity index (χ1) is 9.52. The van der Waals surface area contributed by atoms with E-state index in [1.807, 2.05) is 0 Å². The number of anilines is 2. The third-order valence-electron chi connectivity index (χ3n) is 4.02. The summed E-state index contributed by atoms with van der Waals surface area (Å²) in [5.41, 5.74) is 6.47. The molecule has 20 heavy (non-hydrogen) atoms. The number of ether oxygens (including phenoxy) is 1. The van der Waals surface area contributed by atoms with Crippen LogP contribution in [0.1, 0.15) is 55.6 Å². The van der Waals surface area contributed by atoms with Crippen molar-refractivity contribution in [1.82, 2.24) is 0 Å². The highest BCUT2D eigenvalue weighted by Gasteiger charge is 2.23. The highest BCUT2D eigenvalue weighted by molar-refractivity contribution is 7.19. The van der Waals surface area contributed by atoms with Gasteiger partial charge in [-0.2, -0.15) is 0 Å². The molecule has 5 heteroatoms. The Labute approximate surface area is 124 Å². The van der Waals surface area contributed by atoms with Crippen LogP contribution in [0.25, 0.3) is 0 Å². The molecule has 0 saturated heterocycles. The van der Waals surface area contributed by atoms with Gasteiger partial charge in [0.05, 0.1) is 17.7 Å². The predicted octanol–water partition coefficient (Wildman–Crippen LogP) is 3.92. The lowest BCUT2D eigenvalue weighted by atomic mass is 10.0. The standard InChI is InChI=1S/C15H24N2O2S/c1-9-5-4-6-11(8-7-9)17-15-13(19-3)12(16)14(20-15)10(2)18/h9,11,17H,4-8,16H2,1-3H3. The van der Waals surface area contributed by atoms with Crippen LogP contribution in [-0.4, -0.2) is 18.9 Å². The zero-order chi connectivity index (χ0) is 14.7. The van der Waals surface area contributed by atoms with Crippen molar-refractivity contribution < 1.29 is 9.53 Å². The average molecular weight is 296 g/mol. The number of nitrogens with two attached hydrogens (primary N) is 1. The lowest BCUT2D eigenvalue weighted by molar-refractivity contribution is 0.102. The molecule has 1 aliphatic rings. The van der Waals surface area contributed by atoms with Gasteiger partial charge in [0.2, 0.25) is 0 Å². The number of carbonyl (C=O) groups is 1.